The molecule has 1 saturated heterocycles. The molecule has 1 N–H and O–H groups in total. The van der Waals surface area contributed by atoms with Crippen LogP contribution in [0, 0.1) is 0 Å². The van der Waals surface area contributed by atoms with E-state index in [1.165, 1.54) is 6.92 Å². The second-order valence-electron chi connectivity index (χ2n) is 5.30. The van der Waals surface area contributed by atoms with E-state index in [1.807, 2.05) is 0 Å². The van der Waals surface area contributed by atoms with Gasteiger partial charge < -0.3 is 5.32 Å². The van der Waals surface area contributed by atoms with Crippen molar-refractivity contribution in [3.8, 4) is 0 Å². The number of benzene rings is 1. The van der Waals surface area contributed by atoms with E-state index in [2.05, 4.69) is 10.2 Å². The van der Waals surface area contributed by atoms with Crippen molar-refractivity contribution in [1.29, 1.82) is 0 Å². The molecule has 1 aromatic carbocycles. The normalized spacial score (nSPS) is 16.7. The molecular formula is C15H18Cl2N2O2. The third-order valence-electron chi connectivity index (χ3n) is 3.60. The van der Waals surface area contributed by atoms with E-state index in [4.69, 9.17) is 23.2 Å². The number of halogens is 2. The van der Waals surface area contributed by atoms with Crippen LogP contribution in [0.25, 0.3) is 0 Å². The van der Waals surface area contributed by atoms with Gasteiger partial charge in [0.05, 0.1) is 16.6 Å². The molecule has 0 bridgehead atoms. The van der Waals surface area contributed by atoms with Crippen LogP contribution in [0.5, 0.6) is 0 Å². The van der Waals surface area contributed by atoms with E-state index in [0.29, 0.717) is 22.2 Å². The Labute approximate surface area is 134 Å². The summed E-state index contributed by atoms with van der Waals surface area (Å²) in [5.41, 5.74) is 0.577. The monoisotopic (exact) mass is 328 g/mol. The largest absolute Gasteiger partial charge is 0.354 e. The number of nitrogens with one attached hydrogen (secondary N) is 1. The SMILES string of the molecule is CC(=O)NC1CCN(CC(=O)c2ccc(Cl)c(Cl)c2)CC1. The minimum Gasteiger partial charge on any atom is -0.354 e. The maximum absolute atomic E-state index is 12.2. The lowest BCUT2D eigenvalue weighted by Crippen LogP contribution is -2.45. The summed E-state index contributed by atoms with van der Waals surface area (Å²) in [5, 5.41) is 3.76. The third-order valence-corrected chi connectivity index (χ3v) is 4.34. The van der Waals surface area contributed by atoms with Gasteiger partial charge in [-0.25, -0.2) is 0 Å². The first-order chi connectivity index (χ1) is 9.95. The Morgan fingerprint density at radius 2 is 1.90 bits per heavy atom. The standard InChI is InChI=1S/C15H18Cl2N2O2/c1-10(20)18-12-4-6-19(7-5-12)9-15(21)11-2-3-13(16)14(17)8-11/h2-3,8,12H,4-7,9H2,1H3,(H,18,20). The van der Waals surface area contributed by atoms with Gasteiger partial charge in [0.2, 0.25) is 5.91 Å². The fraction of sp³-hybridized carbons (Fsp3) is 0.467. The molecule has 0 aliphatic carbocycles. The van der Waals surface area contributed by atoms with E-state index < -0.39 is 0 Å². The second-order valence-corrected chi connectivity index (χ2v) is 6.12. The molecular weight excluding hydrogens is 311 g/mol. The van der Waals surface area contributed by atoms with Crippen LogP contribution in [0.15, 0.2) is 18.2 Å². The number of piperidine rings is 1. The molecule has 0 atom stereocenters. The van der Waals surface area contributed by atoms with Gasteiger partial charge in [-0.3, -0.25) is 14.5 Å². The van der Waals surface area contributed by atoms with Gasteiger partial charge in [-0.05, 0) is 31.0 Å². The van der Waals surface area contributed by atoms with Crippen molar-refractivity contribution in [3.05, 3.63) is 33.8 Å². The van der Waals surface area contributed by atoms with Crippen molar-refractivity contribution in [2.45, 2.75) is 25.8 Å². The van der Waals surface area contributed by atoms with Crippen LogP contribution in [-0.4, -0.2) is 42.3 Å². The molecule has 1 aliphatic heterocycles. The zero-order valence-electron chi connectivity index (χ0n) is 11.9. The molecule has 4 nitrogen and oxygen atoms in total. The predicted octanol–water partition coefficient (Wildman–Crippen LogP) is 2.78. The molecule has 1 heterocycles. The number of amides is 1. The van der Waals surface area contributed by atoms with Crippen LogP contribution in [-0.2, 0) is 4.79 Å². The Bertz CT molecular complexity index is 540. The van der Waals surface area contributed by atoms with E-state index in [-0.39, 0.29) is 17.7 Å². The van der Waals surface area contributed by atoms with Crippen molar-refractivity contribution in [2.75, 3.05) is 19.6 Å². The molecule has 2 rings (SSSR count). The lowest BCUT2D eigenvalue weighted by Gasteiger charge is -2.31. The number of carbonyl (C=O) groups is 2. The summed E-state index contributed by atoms with van der Waals surface area (Å²) < 4.78 is 0. The Balaban J connectivity index is 1.86. The van der Waals surface area contributed by atoms with Crippen molar-refractivity contribution in [3.63, 3.8) is 0 Å². The highest BCUT2D eigenvalue weighted by Gasteiger charge is 2.21. The molecule has 1 amide bonds. The summed E-state index contributed by atoms with van der Waals surface area (Å²) in [6.07, 6.45) is 1.74. The maximum Gasteiger partial charge on any atom is 0.217 e. The first kappa shape index (κ1) is 16.3. The van der Waals surface area contributed by atoms with Crippen molar-refractivity contribution >= 4 is 34.9 Å². The molecule has 6 heteroatoms. The van der Waals surface area contributed by atoms with Crippen molar-refractivity contribution in [1.82, 2.24) is 10.2 Å². The molecule has 0 unspecified atom stereocenters. The molecule has 21 heavy (non-hydrogen) atoms. The van der Waals surface area contributed by atoms with Gasteiger partial charge in [-0.2, -0.15) is 0 Å². The number of hydrogen-bond donors (Lipinski definition) is 1. The lowest BCUT2D eigenvalue weighted by atomic mass is 10.0. The smallest absolute Gasteiger partial charge is 0.217 e. The first-order valence-electron chi connectivity index (χ1n) is 6.93. The number of hydrogen-bond acceptors (Lipinski definition) is 3. The Kier molecular flexibility index (Phi) is 5.62. The average Bonchev–Trinajstić information content (AvgIpc) is 2.43. The maximum atomic E-state index is 12.2. The highest BCUT2D eigenvalue weighted by molar-refractivity contribution is 6.42. The molecule has 0 spiro atoms. The quantitative estimate of drug-likeness (QED) is 0.864. The Hall–Kier alpha value is -1.10. The van der Waals surface area contributed by atoms with Crippen LogP contribution < -0.4 is 5.32 Å². The molecule has 0 aromatic heterocycles. The summed E-state index contributed by atoms with van der Waals surface area (Å²) in [5.74, 6) is 0.0341. The Morgan fingerprint density at radius 3 is 2.48 bits per heavy atom. The van der Waals surface area contributed by atoms with Gasteiger partial charge in [-0.1, -0.05) is 23.2 Å². The molecule has 1 aromatic rings. The number of ketones is 1. The number of Topliss-reactive ketones (excluding diaryl/α,β-unsaturated/α-hetero) is 1. The summed E-state index contributed by atoms with van der Waals surface area (Å²) >= 11 is 11.8. The van der Waals surface area contributed by atoms with Crippen LogP contribution in [0.4, 0.5) is 0 Å². The third kappa shape index (κ3) is 4.70. The summed E-state index contributed by atoms with van der Waals surface area (Å²) in [4.78, 5) is 25.3. The fourth-order valence-electron chi connectivity index (χ4n) is 2.49. The molecule has 1 fully saturated rings. The van der Waals surface area contributed by atoms with Gasteiger partial charge in [0.15, 0.2) is 5.78 Å². The highest BCUT2D eigenvalue weighted by Crippen LogP contribution is 2.23. The minimum absolute atomic E-state index is 0.000308. The van der Waals surface area contributed by atoms with Crippen LogP contribution in [0.2, 0.25) is 10.0 Å². The van der Waals surface area contributed by atoms with E-state index in [1.54, 1.807) is 18.2 Å². The fourth-order valence-corrected chi connectivity index (χ4v) is 2.78. The lowest BCUT2D eigenvalue weighted by molar-refractivity contribution is -0.119. The molecule has 0 saturated carbocycles. The highest BCUT2D eigenvalue weighted by atomic mass is 35.5. The van der Waals surface area contributed by atoms with Crippen molar-refractivity contribution in [2.24, 2.45) is 0 Å². The average molecular weight is 329 g/mol. The van der Waals surface area contributed by atoms with Gasteiger partial charge in [0.1, 0.15) is 0 Å². The number of carbonyl (C=O) groups excluding carboxylic acids is 2. The zero-order chi connectivity index (χ0) is 15.4. The van der Waals surface area contributed by atoms with Crippen LogP contribution in [0.1, 0.15) is 30.1 Å². The second kappa shape index (κ2) is 7.25. The van der Waals surface area contributed by atoms with Gasteiger partial charge >= 0.3 is 0 Å². The number of nitrogens with zero attached hydrogens (tertiary/aromatic N) is 1. The van der Waals surface area contributed by atoms with E-state index in [0.717, 1.165) is 25.9 Å². The number of rotatable bonds is 4. The predicted molar refractivity (Wildman–Crippen MR) is 84.1 cm³/mol. The van der Waals surface area contributed by atoms with E-state index >= 15 is 0 Å². The van der Waals surface area contributed by atoms with Crippen LogP contribution in [0.3, 0.4) is 0 Å². The zero-order valence-corrected chi connectivity index (χ0v) is 13.4. The molecule has 114 valence electrons. The number of likely N-dealkylation sites (tertiary alicyclic amines) is 1. The van der Waals surface area contributed by atoms with Gasteiger partial charge in [-0.15, -0.1) is 0 Å². The van der Waals surface area contributed by atoms with Gasteiger partial charge in [0.25, 0.3) is 0 Å². The Morgan fingerprint density at radius 1 is 1.24 bits per heavy atom. The first-order valence-corrected chi connectivity index (χ1v) is 7.69. The summed E-state index contributed by atoms with van der Waals surface area (Å²) in [6.45, 7) is 3.50. The minimum atomic E-state index is 0.000308. The van der Waals surface area contributed by atoms with E-state index in [9.17, 15) is 9.59 Å². The summed E-state index contributed by atoms with van der Waals surface area (Å²) in [6, 6.07) is 5.16. The molecule has 1 aliphatic rings. The van der Waals surface area contributed by atoms with Crippen LogP contribution >= 0.6 is 23.2 Å². The summed E-state index contributed by atoms with van der Waals surface area (Å²) in [7, 11) is 0. The molecule has 0 radical (unpaired) electrons. The topological polar surface area (TPSA) is 49.4 Å². The van der Waals surface area contributed by atoms with Gasteiger partial charge in [0, 0.05) is 31.6 Å². The van der Waals surface area contributed by atoms with Crippen molar-refractivity contribution < 1.29 is 9.59 Å².